The zero-order valence-corrected chi connectivity index (χ0v) is 20.6. The van der Waals surface area contributed by atoms with Crippen molar-refractivity contribution in [2.24, 2.45) is 28.5 Å². The molecule has 4 N–H and O–H groups in total. The number of nitrogens with zero attached hydrogens (tertiary/aromatic N) is 1. The zero-order valence-electron chi connectivity index (χ0n) is 20.6. The standard InChI is InChI=1S/C27H28F4N4O3/c1-14-5-9-16(10-6-14)21-18-3-2-4-20(28)22(18)34-26(38)24(33-21)35-25(37)19(13-15-7-8-15)17(23(32)36)11-12-27(29,30)31/h2-6,9-10,15,17,19,24H,7-8,11-13H2,1H3,(H2,32,36)(H,34,38)(H,35,37)/t17-,19+,24-/m1/s1. The van der Waals surface area contributed by atoms with Crippen molar-refractivity contribution in [2.45, 2.75) is 51.4 Å². The lowest BCUT2D eigenvalue weighted by Crippen LogP contribution is -2.48. The van der Waals surface area contributed by atoms with E-state index in [1.807, 2.05) is 19.1 Å². The van der Waals surface area contributed by atoms with E-state index in [0.717, 1.165) is 18.4 Å². The lowest BCUT2D eigenvalue weighted by Gasteiger charge is -2.26. The minimum Gasteiger partial charge on any atom is -0.369 e. The van der Waals surface area contributed by atoms with E-state index in [9.17, 15) is 31.9 Å². The maximum Gasteiger partial charge on any atom is 0.389 e. The van der Waals surface area contributed by atoms with Crippen LogP contribution in [0.25, 0.3) is 0 Å². The second-order valence-electron chi connectivity index (χ2n) is 9.85. The summed E-state index contributed by atoms with van der Waals surface area (Å²) < 4.78 is 53.5. The van der Waals surface area contributed by atoms with Crippen LogP contribution in [0.5, 0.6) is 0 Å². The normalized spacial score (nSPS) is 18.9. The third-order valence-corrected chi connectivity index (χ3v) is 6.84. The quantitative estimate of drug-likeness (QED) is 0.420. The molecule has 4 rings (SSSR count). The van der Waals surface area contributed by atoms with Gasteiger partial charge in [0, 0.05) is 29.4 Å². The Hall–Kier alpha value is -3.76. The maximum atomic E-state index is 14.7. The summed E-state index contributed by atoms with van der Waals surface area (Å²) in [5.74, 6) is -5.82. The Morgan fingerprint density at radius 2 is 1.82 bits per heavy atom. The van der Waals surface area contributed by atoms with Crippen LogP contribution in [0, 0.1) is 30.5 Å². The number of para-hydroxylation sites is 1. The number of hydrogen-bond acceptors (Lipinski definition) is 4. The van der Waals surface area contributed by atoms with Gasteiger partial charge in [-0.25, -0.2) is 9.38 Å². The smallest absolute Gasteiger partial charge is 0.369 e. The third kappa shape index (κ3) is 6.56. The Labute approximate surface area is 216 Å². The average Bonchev–Trinajstić information content (AvgIpc) is 3.67. The molecule has 1 aliphatic heterocycles. The molecule has 7 nitrogen and oxygen atoms in total. The van der Waals surface area contributed by atoms with Crippen LogP contribution in [0.1, 0.15) is 48.8 Å². The number of carbonyl (C=O) groups is 3. The molecule has 2 aliphatic rings. The first-order valence-corrected chi connectivity index (χ1v) is 12.3. The molecule has 0 aromatic heterocycles. The minimum atomic E-state index is -4.53. The number of halogens is 4. The number of benzodiazepines with no additional fused rings is 1. The van der Waals surface area contributed by atoms with Gasteiger partial charge in [-0.2, -0.15) is 13.2 Å². The summed E-state index contributed by atoms with van der Waals surface area (Å²) in [6, 6.07) is 11.3. The van der Waals surface area contributed by atoms with Crippen molar-refractivity contribution in [3.63, 3.8) is 0 Å². The molecule has 1 heterocycles. The first-order chi connectivity index (χ1) is 17.9. The SMILES string of the molecule is Cc1ccc(C2=N[C@H](NC(=O)[C@@H](CC3CC3)[C@@H](CCC(F)(F)F)C(N)=O)C(=O)Nc3c(F)cccc32)cc1. The lowest BCUT2D eigenvalue weighted by atomic mass is 9.83. The van der Waals surface area contributed by atoms with Crippen LogP contribution >= 0.6 is 0 Å². The molecule has 1 saturated carbocycles. The Bertz CT molecular complexity index is 1260. The summed E-state index contributed by atoms with van der Waals surface area (Å²) in [6.07, 6.45) is -6.25. The number of benzene rings is 2. The summed E-state index contributed by atoms with van der Waals surface area (Å²) in [7, 11) is 0. The summed E-state index contributed by atoms with van der Waals surface area (Å²) in [6.45, 7) is 1.88. The highest BCUT2D eigenvalue weighted by molar-refractivity contribution is 6.20. The Morgan fingerprint density at radius 1 is 1.13 bits per heavy atom. The molecule has 3 atom stereocenters. The highest BCUT2D eigenvalue weighted by atomic mass is 19.4. The van der Waals surface area contributed by atoms with Crippen molar-refractivity contribution < 1.29 is 31.9 Å². The molecular weight excluding hydrogens is 504 g/mol. The minimum absolute atomic E-state index is 0.0754. The van der Waals surface area contributed by atoms with Gasteiger partial charge in [0.2, 0.25) is 18.0 Å². The van der Waals surface area contributed by atoms with Gasteiger partial charge in [-0.3, -0.25) is 14.4 Å². The maximum absolute atomic E-state index is 14.7. The number of carbonyl (C=O) groups excluding carboxylic acids is 3. The summed E-state index contributed by atoms with van der Waals surface area (Å²) >= 11 is 0. The van der Waals surface area contributed by atoms with Gasteiger partial charge in [0.1, 0.15) is 5.82 Å². The number of primary amides is 1. The van der Waals surface area contributed by atoms with Crippen LogP contribution < -0.4 is 16.4 Å². The molecule has 1 aliphatic carbocycles. The monoisotopic (exact) mass is 532 g/mol. The molecule has 0 saturated heterocycles. The van der Waals surface area contributed by atoms with Crippen LogP contribution in [-0.2, 0) is 14.4 Å². The van der Waals surface area contributed by atoms with E-state index in [1.54, 1.807) is 18.2 Å². The van der Waals surface area contributed by atoms with Crippen LogP contribution in [-0.4, -0.2) is 35.8 Å². The van der Waals surface area contributed by atoms with E-state index in [1.165, 1.54) is 12.1 Å². The molecule has 202 valence electrons. The van der Waals surface area contributed by atoms with E-state index < -0.39 is 60.6 Å². The predicted molar refractivity (Wildman–Crippen MR) is 133 cm³/mol. The van der Waals surface area contributed by atoms with Crippen molar-refractivity contribution in [1.82, 2.24) is 5.32 Å². The first-order valence-electron chi connectivity index (χ1n) is 12.3. The van der Waals surface area contributed by atoms with Gasteiger partial charge >= 0.3 is 6.18 Å². The number of nitrogens with one attached hydrogen (secondary N) is 2. The van der Waals surface area contributed by atoms with Gasteiger partial charge in [-0.05, 0) is 31.7 Å². The molecule has 2 aromatic rings. The van der Waals surface area contributed by atoms with Crippen LogP contribution in [0.3, 0.4) is 0 Å². The number of rotatable bonds is 9. The number of anilines is 1. The number of fused-ring (bicyclic) bond motifs is 1. The topological polar surface area (TPSA) is 114 Å². The second-order valence-corrected chi connectivity index (χ2v) is 9.85. The highest BCUT2D eigenvalue weighted by Gasteiger charge is 2.41. The number of aliphatic imine (C=N–C) groups is 1. The second kappa shape index (κ2) is 10.9. The van der Waals surface area contributed by atoms with Crippen molar-refractivity contribution in [3.8, 4) is 0 Å². The average molecular weight is 533 g/mol. The van der Waals surface area contributed by atoms with Gasteiger partial charge < -0.3 is 16.4 Å². The molecule has 11 heteroatoms. The third-order valence-electron chi connectivity index (χ3n) is 6.84. The van der Waals surface area contributed by atoms with Gasteiger partial charge in [-0.15, -0.1) is 0 Å². The fourth-order valence-electron chi connectivity index (χ4n) is 4.61. The van der Waals surface area contributed by atoms with Crippen molar-refractivity contribution in [3.05, 3.63) is 65.0 Å². The summed E-state index contributed by atoms with van der Waals surface area (Å²) in [4.78, 5) is 43.1. The Morgan fingerprint density at radius 3 is 2.42 bits per heavy atom. The van der Waals surface area contributed by atoms with E-state index in [-0.39, 0.29) is 23.7 Å². The predicted octanol–water partition coefficient (Wildman–Crippen LogP) is 4.23. The van der Waals surface area contributed by atoms with Gasteiger partial charge in [0.25, 0.3) is 5.91 Å². The molecule has 0 radical (unpaired) electrons. The number of amides is 3. The highest BCUT2D eigenvalue weighted by Crippen LogP contribution is 2.39. The van der Waals surface area contributed by atoms with E-state index in [4.69, 9.17) is 5.73 Å². The van der Waals surface area contributed by atoms with E-state index >= 15 is 0 Å². The van der Waals surface area contributed by atoms with Crippen molar-refractivity contribution in [1.29, 1.82) is 0 Å². The van der Waals surface area contributed by atoms with Gasteiger partial charge in [-0.1, -0.05) is 54.8 Å². The lowest BCUT2D eigenvalue weighted by molar-refractivity contribution is -0.146. The molecular formula is C27H28F4N4O3. The number of alkyl halides is 3. The zero-order chi connectivity index (χ0) is 27.6. The van der Waals surface area contributed by atoms with Crippen molar-refractivity contribution in [2.75, 3.05) is 5.32 Å². The largest absolute Gasteiger partial charge is 0.389 e. The molecule has 2 aromatic carbocycles. The van der Waals surface area contributed by atoms with E-state index in [0.29, 0.717) is 11.1 Å². The number of aryl methyl sites for hydroxylation is 1. The molecule has 3 amide bonds. The summed E-state index contributed by atoms with van der Waals surface area (Å²) in [5, 5.41) is 4.95. The molecule has 1 fully saturated rings. The Kier molecular flexibility index (Phi) is 7.84. The van der Waals surface area contributed by atoms with Crippen molar-refractivity contribution >= 4 is 29.1 Å². The molecule has 0 unspecified atom stereocenters. The van der Waals surface area contributed by atoms with E-state index in [2.05, 4.69) is 15.6 Å². The Balaban J connectivity index is 1.67. The van der Waals surface area contributed by atoms with Crippen LogP contribution in [0.4, 0.5) is 23.2 Å². The van der Waals surface area contributed by atoms with Crippen LogP contribution in [0.15, 0.2) is 47.5 Å². The molecule has 0 spiro atoms. The number of nitrogens with two attached hydrogens (primary N) is 1. The fourth-order valence-corrected chi connectivity index (χ4v) is 4.61. The molecule has 38 heavy (non-hydrogen) atoms. The fraction of sp³-hybridized carbons (Fsp3) is 0.407. The summed E-state index contributed by atoms with van der Waals surface area (Å²) in [5.41, 5.74) is 7.39. The van der Waals surface area contributed by atoms with Crippen LogP contribution in [0.2, 0.25) is 0 Å². The first kappa shape index (κ1) is 27.3. The number of hydrogen-bond donors (Lipinski definition) is 3. The van der Waals surface area contributed by atoms with Gasteiger partial charge in [0.05, 0.1) is 11.4 Å². The van der Waals surface area contributed by atoms with Gasteiger partial charge in [0.15, 0.2) is 0 Å². The molecule has 0 bridgehead atoms.